The molecule has 2 heterocycles. The van der Waals surface area contributed by atoms with Crippen molar-refractivity contribution in [3.63, 3.8) is 0 Å². The molecule has 1 saturated carbocycles. The molecule has 1 aliphatic rings. The zero-order valence-electron chi connectivity index (χ0n) is 16.0. The molecular weight excluding hydrogens is 398 g/mol. The van der Waals surface area contributed by atoms with Crippen LogP contribution in [0.25, 0.3) is 11.7 Å². The van der Waals surface area contributed by atoms with Gasteiger partial charge in [0.2, 0.25) is 11.0 Å². The molecule has 0 unspecified atom stereocenters. The fourth-order valence-electron chi connectivity index (χ4n) is 3.32. The average molecular weight is 419 g/mol. The number of hydrogen-bond donors (Lipinski definition) is 1. The number of nitrogens with one attached hydrogen (secondary N) is 1. The van der Waals surface area contributed by atoms with Crippen molar-refractivity contribution in [3.05, 3.63) is 36.2 Å². The Kier molecular flexibility index (Phi) is 5.18. The minimum atomic E-state index is -3.98. The van der Waals surface area contributed by atoms with E-state index >= 15 is 0 Å². The summed E-state index contributed by atoms with van der Waals surface area (Å²) in [6.07, 6.45) is 4.33. The molecule has 4 rings (SSSR count). The monoisotopic (exact) mass is 419 g/mol. The molecule has 1 N–H and O–H groups in total. The minimum absolute atomic E-state index is 0.163. The maximum Gasteiger partial charge on any atom is 0.295 e. The van der Waals surface area contributed by atoms with Crippen LogP contribution in [0.2, 0.25) is 0 Å². The Morgan fingerprint density at radius 1 is 1.00 bits per heavy atom. The Bertz CT molecular complexity index is 1080. The summed E-state index contributed by atoms with van der Waals surface area (Å²) in [6, 6.07) is 7.55. The van der Waals surface area contributed by atoms with Crippen molar-refractivity contribution in [2.24, 2.45) is 0 Å². The molecule has 0 amide bonds. The van der Waals surface area contributed by atoms with Crippen molar-refractivity contribution < 1.29 is 26.7 Å². The molecule has 29 heavy (non-hydrogen) atoms. The van der Waals surface area contributed by atoms with Crippen LogP contribution in [0.5, 0.6) is 11.5 Å². The Morgan fingerprint density at radius 3 is 2.34 bits per heavy atom. The lowest BCUT2D eigenvalue weighted by Crippen LogP contribution is -2.12. The first kappa shape index (κ1) is 19.3. The van der Waals surface area contributed by atoms with Gasteiger partial charge in [-0.3, -0.25) is 4.72 Å². The van der Waals surface area contributed by atoms with Gasteiger partial charge in [-0.15, -0.1) is 10.2 Å². The lowest BCUT2D eigenvalue weighted by atomic mass is 10.1. The first-order chi connectivity index (χ1) is 14.0. The molecular formula is C19H21N3O6S. The Labute approximate surface area is 168 Å². The number of hydrogen-bond acceptors (Lipinski definition) is 8. The average Bonchev–Trinajstić information content (AvgIpc) is 3.47. The molecule has 0 spiro atoms. The largest absolute Gasteiger partial charge is 0.497 e. The number of rotatable bonds is 7. The molecule has 2 aromatic heterocycles. The highest BCUT2D eigenvalue weighted by atomic mass is 32.2. The van der Waals surface area contributed by atoms with Gasteiger partial charge < -0.3 is 18.3 Å². The SMILES string of the molecule is COc1cc(NS(=O)(=O)c2ccc(-c3nnc(C4CCCC4)o3)o2)cc(OC)c1. The van der Waals surface area contributed by atoms with Crippen LogP contribution in [0.15, 0.2) is 44.3 Å². The van der Waals surface area contributed by atoms with Crippen molar-refractivity contribution in [1.29, 1.82) is 0 Å². The zero-order valence-corrected chi connectivity index (χ0v) is 16.9. The third kappa shape index (κ3) is 4.07. The summed E-state index contributed by atoms with van der Waals surface area (Å²) in [5.74, 6) is 2.10. The zero-order chi connectivity index (χ0) is 20.4. The summed E-state index contributed by atoms with van der Waals surface area (Å²) in [6.45, 7) is 0. The molecule has 1 fully saturated rings. The number of aromatic nitrogens is 2. The van der Waals surface area contributed by atoms with Gasteiger partial charge in [0.1, 0.15) is 11.5 Å². The summed E-state index contributed by atoms with van der Waals surface area (Å²) in [5, 5.41) is 7.81. The van der Waals surface area contributed by atoms with Gasteiger partial charge in [0.05, 0.1) is 19.9 Å². The van der Waals surface area contributed by atoms with E-state index in [9.17, 15) is 8.42 Å². The number of nitrogens with zero attached hydrogens (tertiary/aromatic N) is 2. The Hall–Kier alpha value is -3.01. The van der Waals surface area contributed by atoms with E-state index in [0.29, 0.717) is 17.4 Å². The first-order valence-corrected chi connectivity index (χ1v) is 10.7. The predicted octanol–water partition coefficient (Wildman–Crippen LogP) is 3.81. The second-order valence-corrected chi connectivity index (χ2v) is 8.37. The molecule has 0 aliphatic heterocycles. The molecule has 0 saturated heterocycles. The molecule has 10 heteroatoms. The van der Waals surface area contributed by atoms with E-state index in [1.54, 1.807) is 6.07 Å². The number of furan rings is 1. The fraction of sp³-hybridized carbons (Fsp3) is 0.368. The number of benzene rings is 1. The molecule has 3 aromatic rings. The summed E-state index contributed by atoms with van der Waals surface area (Å²) in [7, 11) is -1.01. The minimum Gasteiger partial charge on any atom is -0.497 e. The summed E-state index contributed by atoms with van der Waals surface area (Å²) in [4.78, 5) is 0. The Balaban J connectivity index is 1.55. The molecule has 1 aliphatic carbocycles. The number of sulfonamides is 1. The van der Waals surface area contributed by atoms with Gasteiger partial charge in [-0.1, -0.05) is 12.8 Å². The van der Waals surface area contributed by atoms with Crippen LogP contribution < -0.4 is 14.2 Å². The molecule has 0 radical (unpaired) electrons. The fourth-order valence-corrected chi connectivity index (χ4v) is 4.30. The van der Waals surface area contributed by atoms with Gasteiger partial charge in [-0.05, 0) is 25.0 Å². The summed E-state index contributed by atoms with van der Waals surface area (Å²) < 4.78 is 49.4. The van der Waals surface area contributed by atoms with Crippen molar-refractivity contribution in [1.82, 2.24) is 10.2 Å². The van der Waals surface area contributed by atoms with Crippen molar-refractivity contribution in [3.8, 4) is 23.1 Å². The smallest absolute Gasteiger partial charge is 0.295 e. The van der Waals surface area contributed by atoms with Crippen LogP contribution in [0.3, 0.4) is 0 Å². The summed E-state index contributed by atoms with van der Waals surface area (Å²) >= 11 is 0. The van der Waals surface area contributed by atoms with Crippen LogP contribution in [-0.4, -0.2) is 32.8 Å². The lowest BCUT2D eigenvalue weighted by Gasteiger charge is -2.10. The second-order valence-electron chi connectivity index (χ2n) is 6.75. The number of anilines is 1. The van der Waals surface area contributed by atoms with Gasteiger partial charge in [0.25, 0.3) is 15.9 Å². The summed E-state index contributed by atoms with van der Waals surface area (Å²) in [5.41, 5.74) is 0.278. The highest BCUT2D eigenvalue weighted by molar-refractivity contribution is 7.92. The predicted molar refractivity (Wildman–Crippen MR) is 104 cm³/mol. The van der Waals surface area contributed by atoms with Crippen LogP contribution in [0, 0.1) is 0 Å². The second kappa shape index (κ2) is 7.78. The molecule has 1 aromatic carbocycles. The van der Waals surface area contributed by atoms with E-state index in [2.05, 4.69) is 14.9 Å². The van der Waals surface area contributed by atoms with Gasteiger partial charge >= 0.3 is 0 Å². The van der Waals surface area contributed by atoms with Crippen molar-refractivity contribution >= 4 is 15.7 Å². The van der Waals surface area contributed by atoms with E-state index in [1.807, 2.05) is 0 Å². The van der Waals surface area contributed by atoms with Crippen LogP contribution in [0.4, 0.5) is 5.69 Å². The maximum absolute atomic E-state index is 12.7. The van der Waals surface area contributed by atoms with Crippen molar-refractivity contribution in [2.45, 2.75) is 36.7 Å². The lowest BCUT2D eigenvalue weighted by molar-refractivity contribution is 0.395. The Morgan fingerprint density at radius 2 is 1.69 bits per heavy atom. The third-order valence-corrected chi connectivity index (χ3v) is 6.06. The van der Waals surface area contributed by atoms with E-state index < -0.39 is 10.0 Å². The molecule has 0 atom stereocenters. The maximum atomic E-state index is 12.7. The van der Waals surface area contributed by atoms with Crippen molar-refractivity contribution in [2.75, 3.05) is 18.9 Å². The molecule has 9 nitrogen and oxygen atoms in total. The van der Waals surface area contributed by atoms with Gasteiger partial charge in [0, 0.05) is 24.1 Å². The third-order valence-electron chi connectivity index (χ3n) is 4.81. The van der Waals surface area contributed by atoms with E-state index in [0.717, 1.165) is 25.7 Å². The van der Waals surface area contributed by atoms with Crippen LogP contribution in [-0.2, 0) is 10.0 Å². The van der Waals surface area contributed by atoms with E-state index in [1.165, 1.54) is 38.5 Å². The molecule has 154 valence electrons. The van der Waals surface area contributed by atoms with Gasteiger partial charge in [-0.25, -0.2) is 0 Å². The van der Waals surface area contributed by atoms with Gasteiger partial charge in [-0.2, -0.15) is 8.42 Å². The normalized spacial score (nSPS) is 14.8. The topological polar surface area (TPSA) is 117 Å². The van der Waals surface area contributed by atoms with E-state index in [4.69, 9.17) is 18.3 Å². The van der Waals surface area contributed by atoms with E-state index in [-0.39, 0.29) is 28.3 Å². The van der Waals surface area contributed by atoms with Gasteiger partial charge in [0.15, 0.2) is 5.76 Å². The number of methoxy groups -OCH3 is 2. The number of ether oxygens (including phenoxy) is 2. The highest BCUT2D eigenvalue weighted by Crippen LogP contribution is 2.35. The van der Waals surface area contributed by atoms with Crippen LogP contribution >= 0.6 is 0 Å². The highest BCUT2D eigenvalue weighted by Gasteiger charge is 2.25. The standard InChI is InChI=1S/C19H21N3O6S/c1-25-14-9-13(10-15(11-14)26-2)22-29(23,24)17-8-7-16(27-17)19-21-20-18(28-19)12-5-3-4-6-12/h7-12,22H,3-6H2,1-2H3. The molecule has 0 bridgehead atoms. The first-order valence-electron chi connectivity index (χ1n) is 9.18. The quantitative estimate of drug-likeness (QED) is 0.614. The van der Waals surface area contributed by atoms with Crippen LogP contribution in [0.1, 0.15) is 37.5 Å².